The van der Waals surface area contributed by atoms with Crippen LogP contribution in [0.5, 0.6) is 11.5 Å². The minimum atomic E-state index is -0.499. The lowest BCUT2D eigenvalue weighted by molar-refractivity contribution is 0.0474. The molecule has 3 aromatic rings. The summed E-state index contributed by atoms with van der Waals surface area (Å²) in [7, 11) is 0. The summed E-state index contributed by atoms with van der Waals surface area (Å²) >= 11 is 0. The number of hydrogen-bond donors (Lipinski definition) is 0. The second kappa shape index (κ2) is 8.06. The summed E-state index contributed by atoms with van der Waals surface area (Å²) < 4.78 is 18.1. The molecule has 0 unspecified atom stereocenters. The quantitative estimate of drug-likeness (QED) is 0.454. The molecule has 2 heterocycles. The maximum atomic E-state index is 12.7. The number of Topliss-reactive ketones (excluding diaryl/α,β-unsaturated/α-hetero) is 1. The molecule has 0 radical (unpaired) electrons. The van der Waals surface area contributed by atoms with Crippen LogP contribution in [0.15, 0.2) is 48.5 Å². The molecule has 154 valence electrons. The number of ketones is 1. The van der Waals surface area contributed by atoms with Gasteiger partial charge in [-0.2, -0.15) is 0 Å². The van der Waals surface area contributed by atoms with E-state index in [0.29, 0.717) is 17.7 Å². The van der Waals surface area contributed by atoms with Gasteiger partial charge in [0.2, 0.25) is 12.6 Å². The first-order valence-electron chi connectivity index (χ1n) is 9.74. The molecule has 0 atom stereocenters. The van der Waals surface area contributed by atoms with E-state index in [2.05, 4.69) is 4.57 Å². The molecule has 4 rings (SSSR count). The number of aromatic nitrogens is 1. The van der Waals surface area contributed by atoms with Crippen LogP contribution < -0.4 is 9.47 Å². The molecule has 1 aliphatic heterocycles. The van der Waals surface area contributed by atoms with Crippen molar-refractivity contribution in [3.05, 3.63) is 82.2 Å². The van der Waals surface area contributed by atoms with E-state index in [-0.39, 0.29) is 19.2 Å². The third kappa shape index (κ3) is 3.94. The number of aryl methyl sites for hydroxylation is 2. The van der Waals surface area contributed by atoms with E-state index >= 15 is 0 Å². The Labute approximate surface area is 175 Å². The van der Waals surface area contributed by atoms with Crippen LogP contribution >= 0.6 is 0 Å². The summed E-state index contributed by atoms with van der Waals surface area (Å²) in [5.41, 5.74) is 4.80. The monoisotopic (exact) mass is 405 g/mol. The molecule has 0 aliphatic carbocycles. The van der Waals surface area contributed by atoms with Gasteiger partial charge >= 0.3 is 5.97 Å². The minimum Gasteiger partial charge on any atom is -0.454 e. The van der Waals surface area contributed by atoms with Crippen LogP contribution in [0.25, 0.3) is 0 Å². The fourth-order valence-corrected chi connectivity index (χ4v) is 3.61. The highest BCUT2D eigenvalue weighted by molar-refractivity contribution is 6.00. The van der Waals surface area contributed by atoms with Crippen LogP contribution in [0.2, 0.25) is 0 Å². The predicted molar refractivity (Wildman–Crippen MR) is 111 cm³/mol. The average Bonchev–Trinajstić information content (AvgIpc) is 3.31. The fraction of sp³-hybridized carbons (Fsp3) is 0.250. The molecular formula is C24H23NO5. The first-order valence-corrected chi connectivity index (χ1v) is 9.74. The van der Waals surface area contributed by atoms with E-state index in [1.165, 1.54) is 0 Å². The number of ether oxygens (including phenoxy) is 3. The summed E-state index contributed by atoms with van der Waals surface area (Å²) in [5, 5.41) is 0. The number of hydrogen-bond acceptors (Lipinski definition) is 5. The van der Waals surface area contributed by atoms with E-state index in [1.54, 1.807) is 18.2 Å². The Balaban J connectivity index is 1.46. The molecule has 6 heteroatoms. The van der Waals surface area contributed by atoms with E-state index < -0.39 is 5.97 Å². The van der Waals surface area contributed by atoms with Gasteiger partial charge in [0, 0.05) is 23.5 Å². The Morgan fingerprint density at radius 3 is 2.60 bits per heavy atom. The average molecular weight is 405 g/mol. The lowest BCUT2D eigenvalue weighted by atomic mass is 10.1. The molecule has 0 N–H and O–H groups in total. The van der Waals surface area contributed by atoms with Crippen molar-refractivity contribution in [1.29, 1.82) is 0 Å². The number of rotatable bonds is 6. The van der Waals surface area contributed by atoms with Crippen LogP contribution in [-0.4, -0.2) is 29.7 Å². The van der Waals surface area contributed by atoms with Crippen LogP contribution in [0, 0.1) is 20.8 Å². The van der Waals surface area contributed by atoms with Crippen molar-refractivity contribution >= 4 is 11.8 Å². The second-order valence-corrected chi connectivity index (χ2v) is 7.43. The first kappa shape index (κ1) is 19.8. The zero-order chi connectivity index (χ0) is 21.3. The van der Waals surface area contributed by atoms with E-state index in [0.717, 1.165) is 34.0 Å². The SMILES string of the molecule is Cc1cccc(C(=O)OCC(=O)c2cc(C)n(Cc3ccc4c(c3)OCO4)c2C)c1. The molecule has 2 aromatic carbocycles. The number of benzene rings is 2. The van der Waals surface area contributed by atoms with Gasteiger partial charge < -0.3 is 18.8 Å². The highest BCUT2D eigenvalue weighted by Gasteiger charge is 2.19. The molecule has 0 spiro atoms. The van der Waals surface area contributed by atoms with Crippen molar-refractivity contribution in [2.24, 2.45) is 0 Å². The third-order valence-corrected chi connectivity index (χ3v) is 5.24. The topological polar surface area (TPSA) is 66.8 Å². The molecule has 0 saturated heterocycles. The molecule has 1 aliphatic rings. The number of nitrogens with zero attached hydrogens (tertiary/aromatic N) is 1. The summed E-state index contributed by atoms with van der Waals surface area (Å²) in [6.45, 7) is 6.30. The first-order chi connectivity index (χ1) is 14.4. The van der Waals surface area contributed by atoms with E-state index in [1.807, 2.05) is 51.1 Å². The van der Waals surface area contributed by atoms with Crippen molar-refractivity contribution in [2.45, 2.75) is 27.3 Å². The normalized spacial score (nSPS) is 12.1. The third-order valence-electron chi connectivity index (χ3n) is 5.24. The van der Waals surface area contributed by atoms with Crippen LogP contribution in [0.1, 0.15) is 43.2 Å². The van der Waals surface area contributed by atoms with Gasteiger partial charge in [-0.3, -0.25) is 4.79 Å². The summed E-state index contributed by atoms with van der Waals surface area (Å²) in [4.78, 5) is 24.9. The Kier molecular flexibility index (Phi) is 5.31. The molecule has 30 heavy (non-hydrogen) atoms. The van der Waals surface area contributed by atoms with Crippen molar-refractivity contribution in [3.8, 4) is 11.5 Å². The van der Waals surface area contributed by atoms with Gasteiger partial charge in [-0.15, -0.1) is 0 Å². The molecule has 0 saturated carbocycles. The maximum Gasteiger partial charge on any atom is 0.338 e. The molecular weight excluding hydrogens is 382 g/mol. The maximum absolute atomic E-state index is 12.7. The second-order valence-electron chi connectivity index (χ2n) is 7.43. The lowest BCUT2D eigenvalue weighted by Crippen LogP contribution is -2.15. The number of carbonyl (C=O) groups is 2. The number of carbonyl (C=O) groups excluding carboxylic acids is 2. The zero-order valence-corrected chi connectivity index (χ0v) is 17.2. The number of fused-ring (bicyclic) bond motifs is 1. The minimum absolute atomic E-state index is 0.221. The van der Waals surface area contributed by atoms with E-state index in [9.17, 15) is 9.59 Å². The van der Waals surface area contributed by atoms with Gasteiger partial charge in [-0.05, 0) is 56.7 Å². The van der Waals surface area contributed by atoms with Gasteiger partial charge in [0.1, 0.15) is 0 Å². The highest BCUT2D eigenvalue weighted by Crippen LogP contribution is 2.33. The van der Waals surface area contributed by atoms with Crippen molar-refractivity contribution in [1.82, 2.24) is 4.57 Å². The largest absolute Gasteiger partial charge is 0.454 e. The summed E-state index contributed by atoms with van der Waals surface area (Å²) in [6, 6.07) is 14.8. The van der Waals surface area contributed by atoms with Crippen LogP contribution in [0.4, 0.5) is 0 Å². The Morgan fingerprint density at radius 1 is 1.00 bits per heavy atom. The summed E-state index contributed by atoms with van der Waals surface area (Å²) in [5.74, 6) is 0.752. The van der Waals surface area contributed by atoms with Gasteiger partial charge in [-0.25, -0.2) is 4.79 Å². The van der Waals surface area contributed by atoms with Crippen molar-refractivity contribution < 1.29 is 23.8 Å². The Morgan fingerprint density at radius 2 is 1.80 bits per heavy atom. The number of esters is 1. The van der Waals surface area contributed by atoms with E-state index in [4.69, 9.17) is 14.2 Å². The van der Waals surface area contributed by atoms with Gasteiger partial charge in [0.15, 0.2) is 18.1 Å². The van der Waals surface area contributed by atoms with Crippen LogP contribution in [0.3, 0.4) is 0 Å². The molecule has 0 amide bonds. The van der Waals surface area contributed by atoms with Gasteiger partial charge in [0.25, 0.3) is 0 Å². The lowest BCUT2D eigenvalue weighted by Gasteiger charge is -2.11. The zero-order valence-electron chi connectivity index (χ0n) is 17.2. The Bertz CT molecular complexity index is 1130. The molecule has 0 bridgehead atoms. The predicted octanol–water partition coefficient (Wildman–Crippen LogP) is 4.23. The highest BCUT2D eigenvalue weighted by atomic mass is 16.7. The van der Waals surface area contributed by atoms with Gasteiger partial charge in [0.05, 0.1) is 5.56 Å². The van der Waals surface area contributed by atoms with Crippen molar-refractivity contribution in [3.63, 3.8) is 0 Å². The molecule has 6 nitrogen and oxygen atoms in total. The molecule has 0 fully saturated rings. The van der Waals surface area contributed by atoms with Crippen molar-refractivity contribution in [2.75, 3.05) is 13.4 Å². The Hall–Kier alpha value is -3.54. The molecule has 1 aromatic heterocycles. The van der Waals surface area contributed by atoms with Gasteiger partial charge in [-0.1, -0.05) is 23.8 Å². The fourth-order valence-electron chi connectivity index (χ4n) is 3.61. The standard InChI is InChI=1S/C24H23NO5/c1-15-5-4-6-19(9-15)24(27)28-13-21(26)20-10-16(2)25(17(20)3)12-18-7-8-22-23(11-18)30-14-29-22/h4-11H,12-14H2,1-3H3. The smallest absolute Gasteiger partial charge is 0.338 e. The van der Waals surface area contributed by atoms with Crippen LogP contribution in [-0.2, 0) is 11.3 Å². The summed E-state index contributed by atoms with van der Waals surface area (Å²) in [6.07, 6.45) is 0.